The van der Waals surface area contributed by atoms with Crippen molar-refractivity contribution in [3.8, 4) is 17.6 Å². The van der Waals surface area contributed by atoms with E-state index in [1.807, 2.05) is 18.2 Å². The predicted molar refractivity (Wildman–Crippen MR) is 83.0 cm³/mol. The number of anilines is 1. The van der Waals surface area contributed by atoms with Crippen molar-refractivity contribution in [2.75, 3.05) is 19.5 Å². The van der Waals surface area contributed by atoms with Crippen LogP contribution in [0.5, 0.6) is 11.5 Å². The summed E-state index contributed by atoms with van der Waals surface area (Å²) in [6.45, 7) is 0. The van der Waals surface area contributed by atoms with Crippen LogP contribution in [0.4, 0.5) is 5.69 Å². The van der Waals surface area contributed by atoms with E-state index in [0.29, 0.717) is 16.5 Å². The minimum atomic E-state index is -0.494. The molecule has 0 heterocycles. The number of hydrogen-bond acceptors (Lipinski definition) is 4. The van der Waals surface area contributed by atoms with E-state index in [-0.39, 0.29) is 0 Å². The zero-order valence-corrected chi connectivity index (χ0v) is 12.5. The van der Waals surface area contributed by atoms with E-state index in [0.717, 1.165) is 11.3 Å². The molecule has 1 atom stereocenters. The lowest BCUT2D eigenvalue weighted by atomic mass is 10.1. The summed E-state index contributed by atoms with van der Waals surface area (Å²) in [7, 11) is 3.14. The van der Waals surface area contributed by atoms with E-state index in [9.17, 15) is 5.26 Å². The normalized spacial score (nSPS) is 11.3. The first-order valence-electron chi connectivity index (χ1n) is 6.31. The Labute approximate surface area is 128 Å². The molecule has 5 heteroatoms. The Morgan fingerprint density at radius 1 is 1.05 bits per heavy atom. The van der Waals surface area contributed by atoms with Crippen molar-refractivity contribution in [3.63, 3.8) is 0 Å². The molecule has 0 aliphatic rings. The van der Waals surface area contributed by atoms with Gasteiger partial charge in [-0.3, -0.25) is 0 Å². The fourth-order valence-electron chi connectivity index (χ4n) is 1.94. The maximum atomic E-state index is 9.37. The van der Waals surface area contributed by atoms with Crippen LogP contribution in [0.25, 0.3) is 0 Å². The van der Waals surface area contributed by atoms with Gasteiger partial charge < -0.3 is 14.8 Å². The number of rotatable bonds is 5. The van der Waals surface area contributed by atoms with Crippen molar-refractivity contribution in [2.45, 2.75) is 6.04 Å². The number of nitrogens with zero attached hydrogens (tertiary/aromatic N) is 1. The Bertz CT molecular complexity index is 650. The van der Waals surface area contributed by atoms with Crippen LogP contribution in [0, 0.1) is 11.3 Å². The third-order valence-electron chi connectivity index (χ3n) is 3.03. The third-order valence-corrected chi connectivity index (χ3v) is 3.28. The minimum absolute atomic E-state index is 0.494. The highest BCUT2D eigenvalue weighted by molar-refractivity contribution is 6.30. The molecule has 1 unspecified atom stereocenters. The van der Waals surface area contributed by atoms with Crippen LogP contribution < -0.4 is 14.8 Å². The molecular formula is C16H15ClN2O2. The maximum Gasteiger partial charge on any atom is 0.161 e. The van der Waals surface area contributed by atoms with Gasteiger partial charge in [0.1, 0.15) is 6.04 Å². The molecule has 0 saturated heterocycles. The molecule has 2 aromatic rings. The zero-order chi connectivity index (χ0) is 15.2. The van der Waals surface area contributed by atoms with Gasteiger partial charge in [-0.2, -0.15) is 5.26 Å². The van der Waals surface area contributed by atoms with Crippen LogP contribution in [0.1, 0.15) is 11.6 Å². The molecule has 0 saturated carbocycles. The van der Waals surface area contributed by atoms with E-state index in [1.165, 1.54) is 0 Å². The largest absolute Gasteiger partial charge is 0.493 e. The molecule has 0 aromatic heterocycles. The summed E-state index contributed by atoms with van der Waals surface area (Å²) < 4.78 is 10.5. The summed E-state index contributed by atoms with van der Waals surface area (Å²) >= 11 is 5.85. The van der Waals surface area contributed by atoms with Gasteiger partial charge >= 0.3 is 0 Å². The fourth-order valence-corrected chi connectivity index (χ4v) is 2.06. The van der Waals surface area contributed by atoms with Gasteiger partial charge in [0.2, 0.25) is 0 Å². The van der Waals surface area contributed by atoms with Crippen LogP contribution in [-0.2, 0) is 0 Å². The first-order chi connectivity index (χ1) is 10.2. The Kier molecular flexibility index (Phi) is 4.91. The molecule has 0 bridgehead atoms. The Morgan fingerprint density at radius 2 is 1.71 bits per heavy atom. The molecule has 0 spiro atoms. The van der Waals surface area contributed by atoms with Gasteiger partial charge in [0.05, 0.1) is 20.3 Å². The van der Waals surface area contributed by atoms with Crippen molar-refractivity contribution in [1.29, 1.82) is 5.26 Å². The SMILES string of the molecule is COc1ccc(C(C#N)Nc2ccc(Cl)cc2)cc1OC. The van der Waals surface area contributed by atoms with Gasteiger partial charge in [0.15, 0.2) is 11.5 Å². The van der Waals surface area contributed by atoms with E-state index in [4.69, 9.17) is 21.1 Å². The Hall–Kier alpha value is -2.38. The first kappa shape index (κ1) is 15.0. The molecule has 21 heavy (non-hydrogen) atoms. The fraction of sp³-hybridized carbons (Fsp3) is 0.188. The molecule has 2 aromatic carbocycles. The second-order valence-corrected chi connectivity index (χ2v) is 4.76. The van der Waals surface area contributed by atoms with Crippen molar-refractivity contribution in [1.82, 2.24) is 0 Å². The van der Waals surface area contributed by atoms with Crippen LogP contribution in [0.2, 0.25) is 5.02 Å². The highest BCUT2D eigenvalue weighted by atomic mass is 35.5. The number of hydrogen-bond donors (Lipinski definition) is 1. The summed E-state index contributed by atoms with van der Waals surface area (Å²) in [5.74, 6) is 1.22. The number of nitriles is 1. The van der Waals surface area contributed by atoms with Gasteiger partial charge in [-0.25, -0.2) is 0 Å². The highest BCUT2D eigenvalue weighted by Gasteiger charge is 2.13. The van der Waals surface area contributed by atoms with Crippen LogP contribution in [0.15, 0.2) is 42.5 Å². The number of methoxy groups -OCH3 is 2. The number of halogens is 1. The molecule has 0 radical (unpaired) electrons. The molecule has 1 N–H and O–H groups in total. The van der Waals surface area contributed by atoms with Crippen LogP contribution >= 0.6 is 11.6 Å². The smallest absolute Gasteiger partial charge is 0.161 e. The standard InChI is InChI=1S/C16H15ClN2O2/c1-20-15-8-3-11(9-16(15)21-2)14(10-18)19-13-6-4-12(17)5-7-13/h3-9,14,19H,1-2H3. The van der Waals surface area contributed by atoms with Gasteiger partial charge in [-0.1, -0.05) is 17.7 Å². The summed E-state index contributed by atoms with van der Waals surface area (Å²) in [4.78, 5) is 0. The molecule has 0 fully saturated rings. The summed E-state index contributed by atoms with van der Waals surface area (Å²) in [5.41, 5.74) is 1.62. The summed E-state index contributed by atoms with van der Waals surface area (Å²) in [5, 5.41) is 13.2. The third kappa shape index (κ3) is 3.59. The lowest BCUT2D eigenvalue weighted by molar-refractivity contribution is 0.354. The van der Waals surface area contributed by atoms with Gasteiger partial charge in [-0.05, 0) is 42.0 Å². The van der Waals surface area contributed by atoms with Crippen molar-refractivity contribution in [2.24, 2.45) is 0 Å². The topological polar surface area (TPSA) is 54.3 Å². The van der Waals surface area contributed by atoms with Crippen molar-refractivity contribution < 1.29 is 9.47 Å². The maximum absolute atomic E-state index is 9.37. The van der Waals surface area contributed by atoms with Crippen molar-refractivity contribution >= 4 is 17.3 Å². The minimum Gasteiger partial charge on any atom is -0.493 e. The molecule has 0 aliphatic carbocycles. The summed E-state index contributed by atoms with van der Waals surface area (Å²) in [6.07, 6.45) is 0. The molecule has 108 valence electrons. The zero-order valence-electron chi connectivity index (χ0n) is 11.8. The van der Waals surface area contributed by atoms with Gasteiger partial charge in [0.25, 0.3) is 0 Å². The van der Waals surface area contributed by atoms with Crippen LogP contribution in [0.3, 0.4) is 0 Å². The Morgan fingerprint density at radius 3 is 2.29 bits per heavy atom. The predicted octanol–water partition coefficient (Wildman–Crippen LogP) is 4.03. The summed E-state index contributed by atoms with van der Waals surface area (Å²) in [6, 6.07) is 14.3. The van der Waals surface area contributed by atoms with E-state index < -0.39 is 6.04 Å². The molecule has 0 amide bonds. The monoisotopic (exact) mass is 302 g/mol. The quantitative estimate of drug-likeness (QED) is 0.906. The number of benzene rings is 2. The molecule has 4 nitrogen and oxygen atoms in total. The average molecular weight is 303 g/mol. The van der Waals surface area contributed by atoms with E-state index in [2.05, 4.69) is 11.4 Å². The number of ether oxygens (including phenoxy) is 2. The average Bonchev–Trinajstić information content (AvgIpc) is 2.53. The lowest BCUT2D eigenvalue weighted by Crippen LogP contribution is -2.08. The Balaban J connectivity index is 2.25. The lowest BCUT2D eigenvalue weighted by Gasteiger charge is -2.15. The molecule has 2 rings (SSSR count). The van der Waals surface area contributed by atoms with Gasteiger partial charge in [-0.15, -0.1) is 0 Å². The first-order valence-corrected chi connectivity index (χ1v) is 6.69. The second kappa shape index (κ2) is 6.87. The second-order valence-electron chi connectivity index (χ2n) is 4.33. The number of nitrogens with one attached hydrogen (secondary N) is 1. The van der Waals surface area contributed by atoms with E-state index in [1.54, 1.807) is 38.5 Å². The van der Waals surface area contributed by atoms with Crippen LogP contribution in [-0.4, -0.2) is 14.2 Å². The van der Waals surface area contributed by atoms with Gasteiger partial charge in [0, 0.05) is 10.7 Å². The van der Waals surface area contributed by atoms with E-state index >= 15 is 0 Å². The molecular weight excluding hydrogens is 288 g/mol. The highest BCUT2D eigenvalue weighted by Crippen LogP contribution is 2.31. The van der Waals surface area contributed by atoms with Crippen molar-refractivity contribution in [3.05, 3.63) is 53.1 Å². The molecule has 0 aliphatic heterocycles.